The van der Waals surface area contributed by atoms with Crippen LogP contribution in [0.2, 0.25) is 0 Å². The van der Waals surface area contributed by atoms with Crippen molar-refractivity contribution in [2.45, 2.75) is 58.0 Å². The molecule has 1 saturated heterocycles. The maximum absolute atomic E-state index is 3.91. The number of piperidine rings is 1. The fourth-order valence-electron chi connectivity index (χ4n) is 4.05. The summed E-state index contributed by atoms with van der Waals surface area (Å²) in [5.41, 5.74) is 0. The van der Waals surface area contributed by atoms with E-state index >= 15 is 0 Å². The van der Waals surface area contributed by atoms with Crippen LogP contribution in [-0.2, 0) is 0 Å². The number of nitrogens with zero attached hydrogens (tertiary/aromatic N) is 2. The third-order valence-corrected chi connectivity index (χ3v) is 5.25. The minimum Gasteiger partial charge on any atom is -0.313 e. The fourth-order valence-corrected chi connectivity index (χ4v) is 4.05. The number of fused-ring (bicyclic) bond motifs is 2. The Morgan fingerprint density at radius 3 is 2.30 bits per heavy atom. The molecular formula is C17H35N3. The van der Waals surface area contributed by atoms with Gasteiger partial charge in [-0.1, -0.05) is 6.42 Å². The molecule has 0 amide bonds. The van der Waals surface area contributed by atoms with Crippen molar-refractivity contribution in [2.75, 3.05) is 40.3 Å². The number of hydrogen-bond acceptors (Lipinski definition) is 3. The van der Waals surface area contributed by atoms with Crippen molar-refractivity contribution < 1.29 is 0 Å². The van der Waals surface area contributed by atoms with Gasteiger partial charge in [-0.25, -0.2) is 0 Å². The summed E-state index contributed by atoms with van der Waals surface area (Å²) < 4.78 is 0. The quantitative estimate of drug-likeness (QED) is 0.723. The monoisotopic (exact) mass is 281 g/mol. The molecule has 2 rings (SSSR count). The second-order valence-corrected chi connectivity index (χ2v) is 7.49. The molecule has 0 aromatic heterocycles. The summed E-state index contributed by atoms with van der Waals surface area (Å²) in [6.07, 6.45) is 6.98. The van der Waals surface area contributed by atoms with Gasteiger partial charge in [-0.05, 0) is 78.6 Å². The van der Waals surface area contributed by atoms with Crippen molar-refractivity contribution in [1.29, 1.82) is 0 Å². The molecule has 3 nitrogen and oxygen atoms in total. The van der Waals surface area contributed by atoms with Gasteiger partial charge in [-0.3, -0.25) is 0 Å². The van der Waals surface area contributed by atoms with Gasteiger partial charge >= 0.3 is 0 Å². The lowest BCUT2D eigenvalue weighted by molar-refractivity contribution is 0.0296. The van der Waals surface area contributed by atoms with Crippen molar-refractivity contribution in [3.63, 3.8) is 0 Å². The van der Waals surface area contributed by atoms with Gasteiger partial charge in [-0.15, -0.1) is 0 Å². The molecule has 1 saturated carbocycles. The van der Waals surface area contributed by atoms with Gasteiger partial charge in [0.1, 0.15) is 0 Å². The molecular weight excluding hydrogens is 246 g/mol. The second-order valence-electron chi connectivity index (χ2n) is 7.49. The average molecular weight is 281 g/mol. The van der Waals surface area contributed by atoms with Crippen LogP contribution in [0.4, 0.5) is 0 Å². The van der Waals surface area contributed by atoms with Gasteiger partial charge < -0.3 is 15.1 Å². The molecule has 1 aliphatic heterocycles. The standard InChI is InChI=1S/C17H35N3/c1-14(2)20-12-15-8-7-9-16(13-20)17(15)18-10-5-6-11-19(3)4/h14-18H,5-13H2,1-4H3. The summed E-state index contributed by atoms with van der Waals surface area (Å²) in [5, 5.41) is 3.91. The smallest absolute Gasteiger partial charge is 0.0148 e. The van der Waals surface area contributed by atoms with Gasteiger partial charge in [0.2, 0.25) is 0 Å². The van der Waals surface area contributed by atoms with E-state index in [0.717, 1.165) is 23.9 Å². The molecule has 0 aromatic rings. The van der Waals surface area contributed by atoms with E-state index in [9.17, 15) is 0 Å². The first kappa shape index (κ1) is 16.3. The van der Waals surface area contributed by atoms with E-state index < -0.39 is 0 Å². The first-order valence-corrected chi connectivity index (χ1v) is 8.70. The van der Waals surface area contributed by atoms with E-state index in [1.54, 1.807) is 0 Å². The second kappa shape index (κ2) is 7.77. The van der Waals surface area contributed by atoms with Crippen molar-refractivity contribution in [3.05, 3.63) is 0 Å². The Kier molecular flexibility index (Phi) is 6.31. The summed E-state index contributed by atoms with van der Waals surface area (Å²) in [5.74, 6) is 1.80. The van der Waals surface area contributed by atoms with E-state index in [-0.39, 0.29) is 0 Å². The van der Waals surface area contributed by atoms with Crippen LogP contribution < -0.4 is 5.32 Å². The van der Waals surface area contributed by atoms with E-state index in [0.29, 0.717) is 0 Å². The Labute approximate surface area is 126 Å². The summed E-state index contributed by atoms with van der Waals surface area (Å²) in [6, 6.07) is 1.53. The van der Waals surface area contributed by atoms with E-state index in [1.165, 1.54) is 58.3 Å². The highest BCUT2D eigenvalue weighted by Gasteiger charge is 2.39. The van der Waals surface area contributed by atoms with Crippen molar-refractivity contribution >= 4 is 0 Å². The lowest BCUT2D eigenvalue weighted by Gasteiger charge is -2.49. The molecule has 0 radical (unpaired) electrons. The fraction of sp³-hybridized carbons (Fsp3) is 1.00. The number of unbranched alkanes of at least 4 members (excludes halogenated alkanes) is 1. The van der Waals surface area contributed by atoms with Crippen LogP contribution in [0.3, 0.4) is 0 Å². The van der Waals surface area contributed by atoms with Gasteiger partial charge in [0.05, 0.1) is 0 Å². The Bertz CT molecular complexity index is 263. The third kappa shape index (κ3) is 4.44. The van der Waals surface area contributed by atoms with Gasteiger partial charge in [0, 0.05) is 25.2 Å². The molecule has 2 atom stereocenters. The van der Waals surface area contributed by atoms with E-state index in [1.807, 2.05) is 0 Å². The Hall–Kier alpha value is -0.120. The van der Waals surface area contributed by atoms with Crippen LogP contribution in [0.15, 0.2) is 0 Å². The Morgan fingerprint density at radius 2 is 1.75 bits per heavy atom. The molecule has 2 unspecified atom stereocenters. The lowest BCUT2D eigenvalue weighted by Crippen LogP contribution is -2.58. The van der Waals surface area contributed by atoms with Crippen LogP contribution >= 0.6 is 0 Å². The molecule has 3 heteroatoms. The molecule has 2 fully saturated rings. The average Bonchev–Trinajstić information content (AvgIpc) is 2.36. The number of hydrogen-bond donors (Lipinski definition) is 1. The molecule has 118 valence electrons. The van der Waals surface area contributed by atoms with E-state index in [2.05, 4.69) is 43.1 Å². The number of rotatable bonds is 7. The van der Waals surface area contributed by atoms with Crippen LogP contribution in [0, 0.1) is 11.8 Å². The van der Waals surface area contributed by atoms with Crippen LogP contribution in [-0.4, -0.2) is 62.2 Å². The maximum atomic E-state index is 3.91. The van der Waals surface area contributed by atoms with Crippen molar-refractivity contribution in [1.82, 2.24) is 15.1 Å². The molecule has 1 heterocycles. The van der Waals surface area contributed by atoms with Crippen LogP contribution in [0.25, 0.3) is 0 Å². The molecule has 2 aliphatic rings. The van der Waals surface area contributed by atoms with Gasteiger partial charge in [-0.2, -0.15) is 0 Å². The maximum Gasteiger partial charge on any atom is 0.0148 e. The van der Waals surface area contributed by atoms with Crippen LogP contribution in [0.1, 0.15) is 46.0 Å². The Morgan fingerprint density at radius 1 is 1.10 bits per heavy atom. The lowest BCUT2D eigenvalue weighted by atomic mass is 9.73. The van der Waals surface area contributed by atoms with E-state index in [4.69, 9.17) is 0 Å². The summed E-state index contributed by atoms with van der Waals surface area (Å²) in [6.45, 7) is 9.79. The molecule has 2 bridgehead atoms. The largest absolute Gasteiger partial charge is 0.313 e. The SMILES string of the molecule is CC(C)N1CC2CCCC(C1)C2NCCCCN(C)C. The minimum atomic E-state index is 0.721. The Balaban J connectivity index is 1.74. The third-order valence-electron chi connectivity index (χ3n) is 5.25. The van der Waals surface area contributed by atoms with Crippen molar-refractivity contribution in [2.24, 2.45) is 11.8 Å². The van der Waals surface area contributed by atoms with Crippen LogP contribution in [0.5, 0.6) is 0 Å². The molecule has 0 aromatic carbocycles. The van der Waals surface area contributed by atoms with Crippen molar-refractivity contribution in [3.8, 4) is 0 Å². The predicted molar refractivity (Wildman–Crippen MR) is 87.1 cm³/mol. The number of nitrogens with one attached hydrogen (secondary N) is 1. The highest BCUT2D eigenvalue weighted by atomic mass is 15.2. The predicted octanol–water partition coefficient (Wildman–Crippen LogP) is 2.43. The topological polar surface area (TPSA) is 18.5 Å². The molecule has 1 N–H and O–H groups in total. The number of likely N-dealkylation sites (tertiary alicyclic amines) is 1. The zero-order valence-electron chi connectivity index (χ0n) is 14.1. The zero-order chi connectivity index (χ0) is 14.5. The van der Waals surface area contributed by atoms with Gasteiger partial charge in [0.15, 0.2) is 0 Å². The highest BCUT2D eigenvalue weighted by molar-refractivity contribution is 4.95. The minimum absolute atomic E-state index is 0.721. The van der Waals surface area contributed by atoms with Gasteiger partial charge in [0.25, 0.3) is 0 Å². The first-order valence-electron chi connectivity index (χ1n) is 8.70. The zero-order valence-corrected chi connectivity index (χ0v) is 14.1. The highest BCUT2D eigenvalue weighted by Crippen LogP contribution is 2.35. The summed E-state index contributed by atoms with van der Waals surface area (Å²) in [7, 11) is 4.33. The molecule has 0 spiro atoms. The normalized spacial score (nSPS) is 31.2. The summed E-state index contributed by atoms with van der Waals surface area (Å²) >= 11 is 0. The first-order chi connectivity index (χ1) is 9.58. The molecule has 1 aliphatic carbocycles. The molecule has 20 heavy (non-hydrogen) atoms. The summed E-state index contributed by atoms with van der Waals surface area (Å²) in [4.78, 5) is 4.99.